The van der Waals surface area contributed by atoms with Crippen LogP contribution < -0.4 is 16.2 Å². The first-order chi connectivity index (χ1) is 14.1. The Morgan fingerprint density at radius 1 is 0.800 bits per heavy atom. The molecule has 4 rings (SSSR count). The molecule has 3 aromatic rings. The third kappa shape index (κ3) is 2.95. The van der Waals surface area contributed by atoms with E-state index in [2.05, 4.69) is 5.32 Å². The second-order valence-corrected chi connectivity index (χ2v) is 8.22. The molecule has 1 aliphatic carbocycles. The Hall–Kier alpha value is -3.89. The predicted molar refractivity (Wildman–Crippen MR) is 109 cm³/mol. The summed E-state index contributed by atoms with van der Waals surface area (Å²) in [6, 6.07) is 10.6. The van der Waals surface area contributed by atoms with Crippen LogP contribution in [0.2, 0.25) is 0 Å². The summed E-state index contributed by atoms with van der Waals surface area (Å²) in [4.78, 5) is 26.0. The number of anilines is 3. The summed E-state index contributed by atoms with van der Waals surface area (Å²) < 4.78 is 23.2. The van der Waals surface area contributed by atoms with Crippen molar-refractivity contribution in [3.8, 4) is 11.5 Å². The highest BCUT2D eigenvalue weighted by molar-refractivity contribution is 7.89. The van der Waals surface area contributed by atoms with Gasteiger partial charge in [0.1, 0.15) is 11.5 Å². The summed E-state index contributed by atoms with van der Waals surface area (Å²) in [5.41, 5.74) is 5.34. The summed E-state index contributed by atoms with van der Waals surface area (Å²) in [7, 11) is -3.96. The van der Waals surface area contributed by atoms with Gasteiger partial charge in [0.25, 0.3) is 0 Å². The van der Waals surface area contributed by atoms with E-state index in [1.54, 1.807) is 0 Å². The lowest BCUT2D eigenvalue weighted by Gasteiger charge is -2.23. The highest BCUT2D eigenvalue weighted by atomic mass is 32.2. The molecule has 0 saturated carbocycles. The summed E-state index contributed by atoms with van der Waals surface area (Å²) in [5.74, 6) is -2.29. The van der Waals surface area contributed by atoms with Crippen molar-refractivity contribution >= 4 is 38.7 Å². The number of sulfonamides is 1. The van der Waals surface area contributed by atoms with Crippen molar-refractivity contribution in [2.24, 2.45) is 5.14 Å². The van der Waals surface area contributed by atoms with E-state index in [9.17, 15) is 28.2 Å². The Balaban J connectivity index is 1.90. The van der Waals surface area contributed by atoms with Gasteiger partial charge >= 0.3 is 0 Å². The van der Waals surface area contributed by atoms with E-state index in [-0.39, 0.29) is 44.2 Å². The average Bonchev–Trinajstić information content (AvgIpc) is 2.68. The highest BCUT2D eigenvalue weighted by Gasteiger charge is 2.37. The second-order valence-electron chi connectivity index (χ2n) is 6.66. The standard InChI is InChI=1S/C20H15N3O6S/c21-11-4-6-13(24)17-15(11)19(26)18-14(25)7-5-12(16(18)20(17)27)23-9-2-1-3-10(8-9)30(22,28)29/h1-8,23-25H,21H2,(H2,22,28,29). The molecule has 9 nitrogen and oxygen atoms in total. The molecule has 152 valence electrons. The van der Waals surface area contributed by atoms with Gasteiger partial charge in [0.2, 0.25) is 21.6 Å². The van der Waals surface area contributed by atoms with Crippen LogP contribution in [0.3, 0.4) is 0 Å². The van der Waals surface area contributed by atoms with Crippen LogP contribution in [0.25, 0.3) is 0 Å². The Morgan fingerprint density at radius 3 is 2.07 bits per heavy atom. The number of nitrogen functional groups attached to an aromatic ring is 1. The number of phenolic OH excluding ortho intramolecular Hbond substituents is 2. The number of ketones is 2. The first kappa shape index (κ1) is 19.4. The van der Waals surface area contributed by atoms with Gasteiger partial charge in [-0.25, -0.2) is 13.6 Å². The Morgan fingerprint density at radius 2 is 1.40 bits per heavy atom. The quantitative estimate of drug-likeness (QED) is 0.244. The summed E-state index contributed by atoms with van der Waals surface area (Å²) in [6.07, 6.45) is 0. The van der Waals surface area contributed by atoms with Crippen molar-refractivity contribution in [2.45, 2.75) is 4.90 Å². The van der Waals surface area contributed by atoms with Gasteiger partial charge in [0.05, 0.1) is 32.8 Å². The normalized spacial score (nSPS) is 13.0. The molecule has 0 aliphatic heterocycles. The van der Waals surface area contributed by atoms with Crippen LogP contribution >= 0.6 is 0 Å². The Labute approximate surface area is 170 Å². The van der Waals surface area contributed by atoms with Crippen LogP contribution in [0.1, 0.15) is 31.8 Å². The number of rotatable bonds is 3. The molecule has 30 heavy (non-hydrogen) atoms. The minimum atomic E-state index is -3.96. The van der Waals surface area contributed by atoms with E-state index in [0.29, 0.717) is 0 Å². The van der Waals surface area contributed by atoms with E-state index >= 15 is 0 Å². The lowest BCUT2D eigenvalue weighted by molar-refractivity contribution is 0.0975. The Kier molecular flexibility index (Phi) is 4.26. The average molecular weight is 425 g/mol. The predicted octanol–water partition coefficient (Wildman–Crippen LogP) is 1.85. The Bertz CT molecular complexity index is 1370. The topological polar surface area (TPSA) is 173 Å². The first-order valence-corrected chi connectivity index (χ1v) is 10.1. The van der Waals surface area contributed by atoms with Crippen LogP contribution in [0.15, 0.2) is 53.4 Å². The lowest BCUT2D eigenvalue weighted by Crippen LogP contribution is -2.24. The molecular weight excluding hydrogens is 410 g/mol. The lowest BCUT2D eigenvalue weighted by atomic mass is 9.81. The van der Waals surface area contributed by atoms with Gasteiger partial charge in [0, 0.05) is 11.4 Å². The van der Waals surface area contributed by atoms with Crippen LogP contribution in [0, 0.1) is 0 Å². The molecule has 3 aromatic carbocycles. The molecule has 10 heteroatoms. The van der Waals surface area contributed by atoms with Crippen LogP contribution in [-0.4, -0.2) is 30.2 Å². The zero-order valence-electron chi connectivity index (χ0n) is 15.2. The molecular formula is C20H15N3O6S. The maximum Gasteiger partial charge on any atom is 0.238 e. The molecule has 0 unspecified atom stereocenters. The molecule has 1 aliphatic rings. The van der Waals surface area contributed by atoms with Crippen LogP contribution in [0.5, 0.6) is 11.5 Å². The fraction of sp³-hybridized carbons (Fsp3) is 0. The molecule has 0 amide bonds. The summed E-state index contributed by atoms with van der Waals surface area (Å²) >= 11 is 0. The van der Waals surface area contributed by atoms with Gasteiger partial charge in [0.15, 0.2) is 0 Å². The first-order valence-electron chi connectivity index (χ1n) is 8.56. The van der Waals surface area contributed by atoms with Crippen molar-refractivity contribution in [3.05, 3.63) is 70.8 Å². The summed E-state index contributed by atoms with van der Waals surface area (Å²) in [5, 5.41) is 28.5. The van der Waals surface area contributed by atoms with E-state index in [1.165, 1.54) is 48.5 Å². The largest absolute Gasteiger partial charge is 0.507 e. The fourth-order valence-electron chi connectivity index (χ4n) is 3.40. The van der Waals surface area contributed by atoms with Gasteiger partial charge < -0.3 is 21.3 Å². The fourth-order valence-corrected chi connectivity index (χ4v) is 3.96. The third-order valence-electron chi connectivity index (χ3n) is 4.75. The molecule has 7 N–H and O–H groups in total. The number of hydrogen-bond donors (Lipinski definition) is 5. The number of phenols is 2. The van der Waals surface area contributed by atoms with Crippen molar-refractivity contribution < 1.29 is 28.2 Å². The number of hydrogen-bond acceptors (Lipinski definition) is 8. The molecule has 0 radical (unpaired) electrons. The van der Waals surface area contributed by atoms with Crippen LogP contribution in [0.4, 0.5) is 17.1 Å². The van der Waals surface area contributed by atoms with Crippen LogP contribution in [-0.2, 0) is 10.0 Å². The number of benzene rings is 3. The van der Waals surface area contributed by atoms with Gasteiger partial charge in [-0.3, -0.25) is 9.59 Å². The monoisotopic (exact) mass is 425 g/mol. The van der Waals surface area contributed by atoms with E-state index in [0.717, 1.165) is 0 Å². The number of nitrogens with two attached hydrogens (primary N) is 2. The number of carbonyl (C=O) groups is 2. The van der Waals surface area contributed by atoms with Gasteiger partial charge in [-0.1, -0.05) is 6.07 Å². The zero-order valence-corrected chi connectivity index (χ0v) is 16.0. The van der Waals surface area contributed by atoms with E-state index in [1.807, 2.05) is 0 Å². The van der Waals surface area contributed by atoms with Crippen molar-refractivity contribution in [1.29, 1.82) is 0 Å². The molecule has 0 bridgehead atoms. The number of nitrogens with one attached hydrogen (secondary N) is 1. The van der Waals surface area contributed by atoms with Crippen molar-refractivity contribution in [2.75, 3.05) is 11.1 Å². The van der Waals surface area contributed by atoms with Crippen molar-refractivity contribution in [1.82, 2.24) is 0 Å². The maximum absolute atomic E-state index is 13.2. The molecule has 0 fully saturated rings. The zero-order chi connectivity index (χ0) is 21.8. The van der Waals surface area contributed by atoms with Gasteiger partial charge in [-0.15, -0.1) is 0 Å². The molecule has 0 atom stereocenters. The number of fused-ring (bicyclic) bond motifs is 2. The molecule has 0 heterocycles. The second kappa shape index (κ2) is 6.58. The maximum atomic E-state index is 13.2. The smallest absolute Gasteiger partial charge is 0.238 e. The number of primary sulfonamides is 1. The summed E-state index contributed by atoms with van der Waals surface area (Å²) in [6.45, 7) is 0. The van der Waals surface area contributed by atoms with E-state index in [4.69, 9.17) is 10.9 Å². The van der Waals surface area contributed by atoms with Crippen molar-refractivity contribution in [3.63, 3.8) is 0 Å². The van der Waals surface area contributed by atoms with Gasteiger partial charge in [-0.2, -0.15) is 0 Å². The molecule has 0 saturated heterocycles. The number of aromatic hydroxyl groups is 2. The van der Waals surface area contributed by atoms with E-state index < -0.39 is 33.1 Å². The molecule has 0 spiro atoms. The third-order valence-corrected chi connectivity index (χ3v) is 5.66. The minimum Gasteiger partial charge on any atom is -0.507 e. The SMILES string of the molecule is Nc1ccc(O)c2c1C(=O)c1c(O)ccc(Nc3cccc(S(N)(=O)=O)c3)c1C2=O. The minimum absolute atomic E-state index is 0.00887. The molecule has 0 aromatic heterocycles. The van der Waals surface area contributed by atoms with Gasteiger partial charge in [-0.05, 0) is 42.5 Å². The highest BCUT2D eigenvalue weighted by Crippen LogP contribution is 2.42. The number of carbonyl (C=O) groups excluding carboxylic acids is 2.